The lowest BCUT2D eigenvalue weighted by atomic mass is 9.99. The molecule has 1 aromatic heterocycles. The molecular weight excluding hydrogens is 342 g/mol. The number of phenolic OH excluding ortho intramolecular Hbond substituents is 1. The smallest absolute Gasteiger partial charge is 0.336 e. The summed E-state index contributed by atoms with van der Waals surface area (Å²) in [5.41, 5.74) is 1.70. The molecule has 0 radical (unpaired) electrons. The molecule has 1 atom stereocenters. The number of aliphatic hydroxyl groups is 1. The van der Waals surface area contributed by atoms with E-state index in [0.29, 0.717) is 23.1 Å². The largest absolute Gasteiger partial charge is 0.506 e. The van der Waals surface area contributed by atoms with Gasteiger partial charge >= 0.3 is 5.63 Å². The summed E-state index contributed by atoms with van der Waals surface area (Å²) >= 11 is 6.19. The van der Waals surface area contributed by atoms with E-state index in [4.69, 9.17) is 16.0 Å². The van der Waals surface area contributed by atoms with Crippen molar-refractivity contribution in [3.63, 3.8) is 0 Å². The van der Waals surface area contributed by atoms with Gasteiger partial charge in [-0.25, -0.2) is 4.79 Å². The van der Waals surface area contributed by atoms with E-state index in [0.717, 1.165) is 5.56 Å². The van der Waals surface area contributed by atoms with Gasteiger partial charge < -0.3 is 19.9 Å². The van der Waals surface area contributed by atoms with Gasteiger partial charge in [-0.05, 0) is 24.1 Å². The third-order valence-electron chi connectivity index (χ3n) is 3.88. The molecule has 25 heavy (non-hydrogen) atoms. The Bertz CT molecular complexity index is 951. The van der Waals surface area contributed by atoms with Crippen LogP contribution in [0.15, 0.2) is 51.7 Å². The van der Waals surface area contributed by atoms with Gasteiger partial charge in [0.25, 0.3) is 0 Å². The highest BCUT2D eigenvalue weighted by Crippen LogP contribution is 2.38. The molecule has 0 saturated heterocycles. The predicted molar refractivity (Wildman–Crippen MR) is 98.0 cm³/mol. The van der Waals surface area contributed by atoms with Crippen molar-refractivity contribution in [3.05, 3.63) is 63.5 Å². The van der Waals surface area contributed by atoms with Gasteiger partial charge in [-0.3, -0.25) is 0 Å². The molecule has 0 amide bonds. The highest BCUT2D eigenvalue weighted by atomic mass is 35.5. The van der Waals surface area contributed by atoms with Crippen LogP contribution in [0.5, 0.6) is 5.75 Å². The molecule has 1 heterocycles. The molecule has 0 bridgehead atoms. The van der Waals surface area contributed by atoms with Gasteiger partial charge in [0.1, 0.15) is 11.3 Å². The highest BCUT2D eigenvalue weighted by molar-refractivity contribution is 6.33. The number of rotatable bonds is 5. The van der Waals surface area contributed by atoms with E-state index < -0.39 is 11.7 Å². The molecule has 0 aliphatic rings. The first kappa shape index (κ1) is 17.5. The first-order valence-electron chi connectivity index (χ1n) is 7.89. The average molecular weight is 360 g/mol. The first-order chi connectivity index (χ1) is 12.0. The van der Waals surface area contributed by atoms with Crippen molar-refractivity contribution in [2.45, 2.75) is 19.6 Å². The number of phenols is 1. The Morgan fingerprint density at radius 3 is 2.64 bits per heavy atom. The van der Waals surface area contributed by atoms with E-state index >= 15 is 0 Å². The van der Waals surface area contributed by atoms with Crippen molar-refractivity contribution in [1.82, 2.24) is 5.32 Å². The SMILES string of the molecule is C[C@H](O)CNCc1c(O)c(Cl)cc2c(-c3ccccc3)cc(=O)oc12. The average Bonchev–Trinajstić information content (AvgIpc) is 2.59. The summed E-state index contributed by atoms with van der Waals surface area (Å²) in [7, 11) is 0. The Hall–Kier alpha value is -2.34. The molecule has 0 fully saturated rings. The van der Waals surface area contributed by atoms with Crippen molar-refractivity contribution < 1.29 is 14.6 Å². The maximum atomic E-state index is 12.1. The van der Waals surface area contributed by atoms with Crippen LogP contribution in [0.4, 0.5) is 0 Å². The monoisotopic (exact) mass is 359 g/mol. The Kier molecular flexibility index (Phi) is 5.08. The van der Waals surface area contributed by atoms with Crippen LogP contribution in [0.3, 0.4) is 0 Å². The number of fused-ring (bicyclic) bond motifs is 1. The Labute approximate surface area is 149 Å². The van der Waals surface area contributed by atoms with Gasteiger partial charge in [-0.15, -0.1) is 0 Å². The molecule has 0 aliphatic carbocycles. The summed E-state index contributed by atoms with van der Waals surface area (Å²) in [6.45, 7) is 2.18. The molecule has 130 valence electrons. The van der Waals surface area contributed by atoms with Gasteiger partial charge in [0.15, 0.2) is 0 Å². The summed E-state index contributed by atoms with van der Waals surface area (Å²) in [5.74, 6) is -0.138. The fourth-order valence-electron chi connectivity index (χ4n) is 2.74. The van der Waals surface area contributed by atoms with Crippen molar-refractivity contribution in [1.29, 1.82) is 0 Å². The third kappa shape index (κ3) is 3.69. The quantitative estimate of drug-likeness (QED) is 0.609. The van der Waals surface area contributed by atoms with Crippen LogP contribution >= 0.6 is 11.6 Å². The maximum absolute atomic E-state index is 12.1. The van der Waals surface area contributed by atoms with Crippen LogP contribution < -0.4 is 10.9 Å². The van der Waals surface area contributed by atoms with E-state index in [-0.39, 0.29) is 22.9 Å². The number of hydrogen-bond donors (Lipinski definition) is 3. The second-order valence-electron chi connectivity index (χ2n) is 5.89. The lowest BCUT2D eigenvalue weighted by Gasteiger charge is -2.13. The molecule has 3 N–H and O–H groups in total. The van der Waals surface area contributed by atoms with Crippen LogP contribution in [0.1, 0.15) is 12.5 Å². The zero-order valence-corrected chi connectivity index (χ0v) is 14.4. The molecule has 6 heteroatoms. The third-order valence-corrected chi connectivity index (χ3v) is 4.17. The van der Waals surface area contributed by atoms with E-state index in [1.165, 1.54) is 6.07 Å². The Morgan fingerprint density at radius 1 is 1.24 bits per heavy atom. The lowest BCUT2D eigenvalue weighted by molar-refractivity contribution is 0.191. The number of hydrogen-bond acceptors (Lipinski definition) is 5. The minimum Gasteiger partial charge on any atom is -0.506 e. The van der Waals surface area contributed by atoms with Crippen molar-refractivity contribution in [3.8, 4) is 16.9 Å². The van der Waals surface area contributed by atoms with Crippen LogP contribution in [0.25, 0.3) is 22.1 Å². The van der Waals surface area contributed by atoms with Gasteiger partial charge in [0.05, 0.1) is 16.7 Å². The van der Waals surface area contributed by atoms with Gasteiger partial charge in [0, 0.05) is 24.5 Å². The molecule has 3 rings (SSSR count). The number of benzene rings is 2. The van der Waals surface area contributed by atoms with Crippen LogP contribution in [0.2, 0.25) is 5.02 Å². The molecule has 0 unspecified atom stereocenters. The molecule has 0 spiro atoms. The summed E-state index contributed by atoms with van der Waals surface area (Å²) in [4.78, 5) is 12.1. The minimum atomic E-state index is -0.542. The van der Waals surface area contributed by atoms with Gasteiger partial charge in [0.2, 0.25) is 0 Å². The number of aliphatic hydroxyl groups excluding tert-OH is 1. The molecule has 2 aromatic carbocycles. The topological polar surface area (TPSA) is 82.7 Å². The fraction of sp³-hybridized carbons (Fsp3) is 0.211. The van der Waals surface area contributed by atoms with Crippen molar-refractivity contribution in [2.75, 3.05) is 6.54 Å². The molecule has 0 aliphatic heterocycles. The first-order valence-corrected chi connectivity index (χ1v) is 8.27. The number of aromatic hydroxyl groups is 1. The Morgan fingerprint density at radius 2 is 1.96 bits per heavy atom. The van der Waals surface area contributed by atoms with Crippen LogP contribution in [-0.4, -0.2) is 22.9 Å². The zero-order chi connectivity index (χ0) is 18.0. The van der Waals surface area contributed by atoms with E-state index in [1.807, 2.05) is 30.3 Å². The van der Waals surface area contributed by atoms with Crippen molar-refractivity contribution in [2.24, 2.45) is 0 Å². The highest BCUT2D eigenvalue weighted by Gasteiger charge is 2.18. The number of halogens is 1. The summed E-state index contributed by atoms with van der Waals surface area (Å²) in [5, 5.41) is 23.5. The summed E-state index contributed by atoms with van der Waals surface area (Å²) < 4.78 is 5.37. The molecule has 3 aromatic rings. The Balaban J connectivity index is 2.21. The molecular formula is C19H18ClNO4. The standard InChI is InChI=1S/C19H18ClNO4/c1-11(22)9-21-10-15-18(24)16(20)7-14-13(8-17(23)25-19(14)15)12-5-3-2-4-6-12/h2-8,11,21-22,24H,9-10H2,1H3/t11-/m0/s1. The molecule has 0 saturated carbocycles. The maximum Gasteiger partial charge on any atom is 0.336 e. The van der Waals surface area contributed by atoms with Crippen LogP contribution in [-0.2, 0) is 6.54 Å². The minimum absolute atomic E-state index is 0.138. The normalized spacial score (nSPS) is 12.4. The summed E-state index contributed by atoms with van der Waals surface area (Å²) in [6, 6.07) is 12.4. The van der Waals surface area contributed by atoms with E-state index in [9.17, 15) is 15.0 Å². The second-order valence-corrected chi connectivity index (χ2v) is 6.29. The lowest BCUT2D eigenvalue weighted by Crippen LogP contribution is -2.24. The van der Waals surface area contributed by atoms with E-state index in [2.05, 4.69) is 5.32 Å². The second kappa shape index (κ2) is 7.27. The number of nitrogens with one attached hydrogen (secondary N) is 1. The summed E-state index contributed by atoms with van der Waals surface area (Å²) in [6.07, 6.45) is -0.542. The fourth-order valence-corrected chi connectivity index (χ4v) is 2.97. The predicted octanol–water partition coefficient (Wildman–Crippen LogP) is 3.29. The van der Waals surface area contributed by atoms with Gasteiger partial charge in [-0.1, -0.05) is 41.9 Å². The zero-order valence-electron chi connectivity index (χ0n) is 13.6. The van der Waals surface area contributed by atoms with E-state index in [1.54, 1.807) is 13.0 Å². The van der Waals surface area contributed by atoms with Crippen LogP contribution in [0, 0.1) is 0 Å². The van der Waals surface area contributed by atoms with Gasteiger partial charge in [-0.2, -0.15) is 0 Å². The molecule has 5 nitrogen and oxygen atoms in total. The van der Waals surface area contributed by atoms with Crippen molar-refractivity contribution >= 4 is 22.6 Å².